The fraction of sp³-hybridized carbons (Fsp3) is 0.429. The summed E-state index contributed by atoms with van der Waals surface area (Å²) in [6.45, 7) is 7.28. The summed E-state index contributed by atoms with van der Waals surface area (Å²) in [5.41, 5.74) is 1.44. The van der Waals surface area contributed by atoms with E-state index >= 15 is 0 Å². The average molecular weight is 556 g/mol. The van der Waals surface area contributed by atoms with Crippen LogP contribution in [-0.2, 0) is 16.7 Å². The summed E-state index contributed by atoms with van der Waals surface area (Å²) in [5, 5.41) is -0.0909. The number of methoxy groups -OCH3 is 1. The molecule has 2 aliphatic heterocycles. The molecule has 0 bridgehead atoms. The summed E-state index contributed by atoms with van der Waals surface area (Å²) in [6.07, 6.45) is 1.85. The molecule has 5 rings (SSSR count). The number of nitrogens with one attached hydrogen (secondary N) is 1. The molecule has 0 aliphatic carbocycles. The molecule has 2 aliphatic rings. The van der Waals surface area contributed by atoms with Crippen LogP contribution in [0.3, 0.4) is 0 Å². The molecule has 1 spiro atoms. The molecule has 1 saturated heterocycles. The van der Waals surface area contributed by atoms with Crippen molar-refractivity contribution in [3.8, 4) is 17.1 Å². The number of rotatable bonds is 4. The Kier molecular flexibility index (Phi) is 7.00. The van der Waals surface area contributed by atoms with Crippen LogP contribution in [0.2, 0.25) is 5.28 Å². The minimum absolute atomic E-state index is 0.000227. The number of likely N-dealkylation sites (tertiary alicyclic amines) is 1. The summed E-state index contributed by atoms with van der Waals surface area (Å²) in [7, 11) is 1.61. The molecule has 9 nitrogen and oxygen atoms in total. The van der Waals surface area contributed by atoms with Crippen LogP contribution in [0, 0.1) is 5.82 Å². The molecule has 3 aromatic rings. The third-order valence-corrected chi connectivity index (χ3v) is 7.42. The van der Waals surface area contributed by atoms with Crippen LogP contribution >= 0.6 is 11.6 Å². The zero-order valence-electron chi connectivity index (χ0n) is 22.4. The summed E-state index contributed by atoms with van der Waals surface area (Å²) in [5.74, 6) is -0.0730. The van der Waals surface area contributed by atoms with Gasteiger partial charge in [0.25, 0.3) is 5.91 Å². The molecule has 1 aromatic carbocycles. The van der Waals surface area contributed by atoms with Gasteiger partial charge in [0.1, 0.15) is 17.0 Å². The third-order valence-electron chi connectivity index (χ3n) is 7.23. The normalized spacial score (nSPS) is 16.8. The second kappa shape index (κ2) is 10.1. The number of carbonyl (C=O) groups is 2. The number of halogens is 2. The maximum absolute atomic E-state index is 14.7. The third kappa shape index (κ3) is 5.43. The maximum atomic E-state index is 14.7. The van der Waals surface area contributed by atoms with E-state index in [1.807, 2.05) is 49.9 Å². The van der Waals surface area contributed by atoms with E-state index in [0.717, 1.165) is 23.2 Å². The number of hydrogen-bond donors (Lipinski definition) is 1. The first-order valence-corrected chi connectivity index (χ1v) is 13.2. The summed E-state index contributed by atoms with van der Waals surface area (Å²) in [6, 6.07) is 9.22. The summed E-state index contributed by atoms with van der Waals surface area (Å²) in [4.78, 5) is 41.1. The second-order valence-electron chi connectivity index (χ2n) is 11.1. The number of ether oxygens (including phenoxy) is 2. The number of aromatic amines is 1. The first-order valence-electron chi connectivity index (χ1n) is 12.8. The Morgan fingerprint density at radius 2 is 1.90 bits per heavy atom. The van der Waals surface area contributed by atoms with Gasteiger partial charge in [-0.25, -0.2) is 19.2 Å². The molecule has 1 N–H and O–H groups in total. The zero-order chi connectivity index (χ0) is 27.9. The van der Waals surface area contributed by atoms with Crippen LogP contribution in [0.5, 0.6) is 5.75 Å². The number of aromatic nitrogens is 3. The number of fused-ring (bicyclic) bond motifs is 2. The van der Waals surface area contributed by atoms with Gasteiger partial charge in [0, 0.05) is 37.3 Å². The Bertz CT molecular complexity index is 1390. The fourth-order valence-electron chi connectivity index (χ4n) is 5.32. The first kappa shape index (κ1) is 26.9. The highest BCUT2D eigenvalue weighted by Gasteiger charge is 2.47. The second-order valence-corrected chi connectivity index (χ2v) is 11.4. The van der Waals surface area contributed by atoms with Gasteiger partial charge in [-0.05, 0) is 69.0 Å². The fourth-order valence-corrected chi connectivity index (χ4v) is 5.45. The SMILES string of the molecule is COc1ccc(CN2CC3(CCN(C(=O)OC(C)(C)C)CC3)c3[nH]c(-c4nc(Cl)ncc4F)cc3C2=O)cc1. The molecule has 0 radical (unpaired) electrons. The van der Waals surface area contributed by atoms with Gasteiger partial charge in [-0.2, -0.15) is 0 Å². The number of nitrogens with zero attached hydrogens (tertiary/aromatic N) is 4. The van der Waals surface area contributed by atoms with Crippen LogP contribution in [0.4, 0.5) is 9.18 Å². The van der Waals surface area contributed by atoms with E-state index < -0.39 is 16.8 Å². The van der Waals surface area contributed by atoms with E-state index in [-0.39, 0.29) is 23.0 Å². The van der Waals surface area contributed by atoms with Gasteiger partial charge < -0.3 is 24.3 Å². The van der Waals surface area contributed by atoms with E-state index in [9.17, 15) is 14.0 Å². The highest BCUT2D eigenvalue weighted by Crippen LogP contribution is 2.43. The lowest BCUT2D eigenvalue weighted by Gasteiger charge is -2.47. The number of H-pyrrole nitrogens is 1. The molecular formula is C28H31ClFN5O4. The van der Waals surface area contributed by atoms with Gasteiger partial charge >= 0.3 is 6.09 Å². The van der Waals surface area contributed by atoms with Gasteiger partial charge in [0.2, 0.25) is 5.28 Å². The van der Waals surface area contributed by atoms with Crippen molar-refractivity contribution in [1.29, 1.82) is 0 Å². The number of amides is 2. The standard InChI is InChI=1S/C28H31ClFN5O4/c1-27(2,3)39-26(37)34-11-9-28(10-12-34)16-35(15-17-5-7-18(38-4)8-6-17)24(36)19-13-21(32-23(19)28)22-20(30)14-31-25(29)33-22/h5-8,13-14,32H,9-12,15-16H2,1-4H3. The van der Waals surface area contributed by atoms with E-state index in [4.69, 9.17) is 21.1 Å². The van der Waals surface area contributed by atoms with Crippen molar-refractivity contribution in [1.82, 2.24) is 24.8 Å². The number of carbonyl (C=O) groups excluding carboxylic acids is 2. The molecule has 0 saturated carbocycles. The van der Waals surface area contributed by atoms with Crippen LogP contribution in [0.25, 0.3) is 11.4 Å². The minimum Gasteiger partial charge on any atom is -0.497 e. The Hall–Kier alpha value is -3.66. The lowest BCUT2D eigenvalue weighted by Crippen LogP contribution is -2.55. The van der Waals surface area contributed by atoms with Gasteiger partial charge in [-0.1, -0.05) is 12.1 Å². The van der Waals surface area contributed by atoms with Gasteiger partial charge in [-0.15, -0.1) is 0 Å². The largest absolute Gasteiger partial charge is 0.497 e. The topological polar surface area (TPSA) is 101 Å². The smallest absolute Gasteiger partial charge is 0.410 e. The van der Waals surface area contributed by atoms with Crippen molar-refractivity contribution in [2.45, 2.75) is 51.2 Å². The molecule has 4 heterocycles. The maximum Gasteiger partial charge on any atom is 0.410 e. The number of piperidine rings is 1. The van der Waals surface area contributed by atoms with Crippen molar-refractivity contribution in [3.05, 3.63) is 64.5 Å². The molecule has 11 heteroatoms. The highest BCUT2D eigenvalue weighted by molar-refractivity contribution is 6.28. The van der Waals surface area contributed by atoms with E-state index in [0.29, 0.717) is 50.3 Å². The lowest BCUT2D eigenvalue weighted by molar-refractivity contribution is 0.0120. The van der Waals surface area contributed by atoms with E-state index in [1.54, 1.807) is 18.1 Å². The summed E-state index contributed by atoms with van der Waals surface area (Å²) >= 11 is 5.95. The van der Waals surface area contributed by atoms with E-state index in [2.05, 4.69) is 15.0 Å². The monoisotopic (exact) mass is 555 g/mol. The molecule has 0 atom stereocenters. The summed E-state index contributed by atoms with van der Waals surface area (Å²) < 4.78 is 25.5. The Morgan fingerprint density at radius 3 is 2.54 bits per heavy atom. The molecule has 1 fully saturated rings. The van der Waals surface area contributed by atoms with Gasteiger partial charge in [0.05, 0.1) is 24.6 Å². The van der Waals surface area contributed by atoms with Crippen molar-refractivity contribution >= 4 is 23.6 Å². The molecule has 2 aromatic heterocycles. The first-order chi connectivity index (χ1) is 18.5. The molecule has 39 heavy (non-hydrogen) atoms. The molecule has 2 amide bonds. The van der Waals surface area contributed by atoms with Crippen molar-refractivity contribution in [2.75, 3.05) is 26.7 Å². The zero-order valence-corrected chi connectivity index (χ0v) is 23.1. The van der Waals surface area contributed by atoms with Crippen molar-refractivity contribution in [2.24, 2.45) is 0 Å². The van der Waals surface area contributed by atoms with Crippen LogP contribution in [-0.4, -0.2) is 69.1 Å². The Balaban J connectivity index is 1.49. The van der Waals surface area contributed by atoms with Gasteiger partial charge in [0.15, 0.2) is 5.82 Å². The average Bonchev–Trinajstić information content (AvgIpc) is 3.35. The van der Waals surface area contributed by atoms with Crippen LogP contribution in [0.1, 0.15) is 55.2 Å². The number of hydrogen-bond acceptors (Lipinski definition) is 6. The minimum atomic E-state index is -0.644. The highest BCUT2D eigenvalue weighted by atomic mass is 35.5. The lowest BCUT2D eigenvalue weighted by atomic mass is 9.72. The van der Waals surface area contributed by atoms with E-state index in [1.165, 1.54) is 0 Å². The molecule has 206 valence electrons. The van der Waals surface area contributed by atoms with Crippen molar-refractivity contribution < 1.29 is 23.5 Å². The predicted molar refractivity (Wildman–Crippen MR) is 143 cm³/mol. The molecule has 0 unspecified atom stereocenters. The van der Waals surface area contributed by atoms with Crippen LogP contribution in [0.15, 0.2) is 36.5 Å². The number of benzene rings is 1. The van der Waals surface area contributed by atoms with Gasteiger partial charge in [-0.3, -0.25) is 4.79 Å². The van der Waals surface area contributed by atoms with Crippen molar-refractivity contribution in [3.63, 3.8) is 0 Å². The quantitative estimate of drug-likeness (QED) is 0.444. The Labute approximate surface area is 231 Å². The Morgan fingerprint density at radius 1 is 1.21 bits per heavy atom. The van der Waals surface area contributed by atoms with Crippen LogP contribution < -0.4 is 4.74 Å². The molecular weight excluding hydrogens is 525 g/mol. The predicted octanol–water partition coefficient (Wildman–Crippen LogP) is 5.20.